The van der Waals surface area contributed by atoms with Crippen molar-refractivity contribution in [2.24, 2.45) is 0 Å². The maximum absolute atomic E-state index is 5.79. The molecule has 0 N–H and O–H groups in total. The van der Waals surface area contributed by atoms with Gasteiger partial charge in [0, 0.05) is 54.3 Å². The van der Waals surface area contributed by atoms with Crippen molar-refractivity contribution in [3.8, 4) is 22.8 Å². The fourth-order valence-corrected chi connectivity index (χ4v) is 10.4. The molecular weight excluding hydrogens is 719 g/mol. The molecule has 5 heteroatoms. The predicted molar refractivity (Wildman–Crippen MR) is 246 cm³/mol. The highest BCUT2D eigenvalue weighted by atomic mass is 15.1. The smallest absolute Gasteiger partial charge is 0.165 e. The van der Waals surface area contributed by atoms with E-state index >= 15 is 0 Å². The Kier molecular flexibility index (Phi) is 5.96. The Morgan fingerprint density at radius 1 is 0.339 bits per heavy atom. The summed E-state index contributed by atoms with van der Waals surface area (Å²) >= 11 is 0. The molecule has 0 saturated carbocycles. The summed E-state index contributed by atoms with van der Waals surface area (Å²) in [6, 6.07) is 68.0. The van der Waals surface area contributed by atoms with Crippen LogP contribution in [0, 0.1) is 0 Å². The van der Waals surface area contributed by atoms with Crippen molar-refractivity contribution >= 4 is 104 Å². The molecule has 0 bridgehead atoms. The first kappa shape index (κ1) is 31.1. The number of hydrogen-bond donors (Lipinski definition) is 0. The van der Waals surface area contributed by atoms with Gasteiger partial charge in [-0.25, -0.2) is 9.97 Å². The standard InChI is InChI=1S/C54H31N5/c1-2-15-33(16-3-1)57-43-25-9-7-19-39(43)48-40(23-12-26-44(48)57)52-54(56-51-34-17-5-4-14-32(34)30-31-41(51)55-52)59-45-27-11-20-36-38-22-10-21-37-35-18-6-8-24-42(35)58(53(37)38)46-28-13-29-47(59)50(46)49(36)45/h1-31H. The van der Waals surface area contributed by atoms with E-state index < -0.39 is 0 Å². The molecule has 0 aliphatic heterocycles. The molecule has 0 radical (unpaired) electrons. The first-order valence-electron chi connectivity index (χ1n) is 20.2. The number of nitrogens with zero attached hydrogens (tertiary/aromatic N) is 5. The van der Waals surface area contributed by atoms with Gasteiger partial charge in [0.1, 0.15) is 5.69 Å². The third kappa shape index (κ3) is 3.98. The lowest BCUT2D eigenvalue weighted by atomic mass is 10.0. The zero-order valence-corrected chi connectivity index (χ0v) is 31.6. The van der Waals surface area contributed by atoms with Crippen molar-refractivity contribution in [3.05, 3.63) is 188 Å². The van der Waals surface area contributed by atoms with Crippen LogP contribution in [0.4, 0.5) is 0 Å². The number of fused-ring (bicyclic) bond motifs is 11. The van der Waals surface area contributed by atoms with Gasteiger partial charge in [0.25, 0.3) is 0 Å². The molecule has 9 aromatic carbocycles. The van der Waals surface area contributed by atoms with Crippen molar-refractivity contribution < 1.29 is 0 Å². The molecule has 0 aliphatic rings. The predicted octanol–water partition coefficient (Wildman–Crippen LogP) is 13.8. The van der Waals surface area contributed by atoms with Crippen LogP contribution in [0.15, 0.2) is 188 Å². The SMILES string of the molecule is c1ccc(-n2c3ccccc3c3c(-c4nc5ccc6ccccc6c5nc4-n4c5cccc6c7cccc8c9ccccc9n(c9cccc4c9c65)c78)cccc32)cc1. The largest absolute Gasteiger partial charge is 0.309 e. The summed E-state index contributed by atoms with van der Waals surface area (Å²) in [4.78, 5) is 11.5. The van der Waals surface area contributed by atoms with E-state index in [2.05, 4.69) is 202 Å². The monoisotopic (exact) mass is 749 g/mol. The van der Waals surface area contributed by atoms with Gasteiger partial charge in [-0.2, -0.15) is 0 Å². The van der Waals surface area contributed by atoms with E-state index in [4.69, 9.17) is 9.97 Å². The molecule has 59 heavy (non-hydrogen) atoms. The average Bonchev–Trinajstić information content (AvgIpc) is 3.92. The third-order valence-electron chi connectivity index (χ3n) is 12.7. The van der Waals surface area contributed by atoms with Crippen LogP contribution >= 0.6 is 0 Å². The average molecular weight is 750 g/mol. The fourth-order valence-electron chi connectivity index (χ4n) is 10.4. The van der Waals surface area contributed by atoms with Gasteiger partial charge in [0.15, 0.2) is 5.82 Å². The second kappa shape index (κ2) is 11.3. The maximum atomic E-state index is 5.79. The number of para-hydroxylation sites is 4. The Balaban J connectivity index is 1.20. The van der Waals surface area contributed by atoms with Gasteiger partial charge in [-0.05, 0) is 65.4 Å². The molecule has 14 rings (SSSR count). The van der Waals surface area contributed by atoms with Crippen LogP contribution in [0.2, 0.25) is 0 Å². The number of aromatic nitrogens is 5. The van der Waals surface area contributed by atoms with Gasteiger partial charge in [0.2, 0.25) is 0 Å². The summed E-state index contributed by atoms with van der Waals surface area (Å²) in [5, 5.41) is 12.0. The highest BCUT2D eigenvalue weighted by Gasteiger charge is 2.26. The van der Waals surface area contributed by atoms with Crippen LogP contribution < -0.4 is 0 Å². The van der Waals surface area contributed by atoms with Crippen LogP contribution in [0.25, 0.3) is 126 Å². The molecule has 0 saturated heterocycles. The van der Waals surface area contributed by atoms with E-state index in [1.807, 2.05) is 0 Å². The molecule has 14 aromatic rings. The molecule has 0 unspecified atom stereocenters. The van der Waals surface area contributed by atoms with E-state index in [1.165, 1.54) is 54.3 Å². The highest BCUT2D eigenvalue weighted by Crippen LogP contribution is 2.46. The summed E-state index contributed by atoms with van der Waals surface area (Å²) in [6.45, 7) is 0. The molecule has 5 aromatic heterocycles. The minimum Gasteiger partial charge on any atom is -0.309 e. The number of benzene rings is 9. The molecule has 0 fully saturated rings. The zero-order chi connectivity index (χ0) is 38.3. The van der Waals surface area contributed by atoms with Crippen LogP contribution in [0.5, 0.6) is 0 Å². The molecule has 5 heterocycles. The summed E-state index contributed by atoms with van der Waals surface area (Å²) in [5.74, 6) is 0.809. The van der Waals surface area contributed by atoms with Gasteiger partial charge in [-0.15, -0.1) is 0 Å². The van der Waals surface area contributed by atoms with Crippen LogP contribution in [-0.4, -0.2) is 23.5 Å². The molecule has 0 spiro atoms. The second-order valence-corrected chi connectivity index (χ2v) is 15.7. The molecule has 5 nitrogen and oxygen atoms in total. The minimum atomic E-state index is 0.809. The zero-order valence-electron chi connectivity index (χ0n) is 31.6. The van der Waals surface area contributed by atoms with Crippen molar-refractivity contribution in [1.29, 1.82) is 0 Å². The summed E-state index contributed by atoms with van der Waals surface area (Å²) in [6.07, 6.45) is 0. The Bertz CT molecular complexity index is 4070. The first-order valence-corrected chi connectivity index (χ1v) is 20.2. The van der Waals surface area contributed by atoms with Crippen LogP contribution in [-0.2, 0) is 0 Å². The van der Waals surface area contributed by atoms with Crippen molar-refractivity contribution in [1.82, 2.24) is 23.5 Å². The van der Waals surface area contributed by atoms with Crippen molar-refractivity contribution in [2.45, 2.75) is 0 Å². The van der Waals surface area contributed by atoms with Crippen LogP contribution in [0.1, 0.15) is 0 Å². The lowest BCUT2D eigenvalue weighted by Crippen LogP contribution is -2.04. The quantitative estimate of drug-likeness (QED) is 0.169. The van der Waals surface area contributed by atoms with Gasteiger partial charge < -0.3 is 8.97 Å². The van der Waals surface area contributed by atoms with E-state index in [9.17, 15) is 0 Å². The fraction of sp³-hybridized carbons (Fsp3) is 0. The summed E-state index contributed by atoms with van der Waals surface area (Å²) in [5.41, 5.74) is 12.9. The normalized spacial score (nSPS) is 12.4. The Hall–Kier alpha value is -8.02. The molecule has 0 atom stereocenters. The molecule has 0 amide bonds. The maximum Gasteiger partial charge on any atom is 0.165 e. The lowest BCUT2D eigenvalue weighted by molar-refractivity contribution is 1.08. The van der Waals surface area contributed by atoms with Gasteiger partial charge in [0.05, 0.1) is 49.7 Å². The Morgan fingerprint density at radius 2 is 0.932 bits per heavy atom. The van der Waals surface area contributed by atoms with Crippen molar-refractivity contribution in [2.75, 3.05) is 0 Å². The van der Waals surface area contributed by atoms with Crippen LogP contribution in [0.3, 0.4) is 0 Å². The van der Waals surface area contributed by atoms with Gasteiger partial charge in [-0.1, -0.05) is 133 Å². The van der Waals surface area contributed by atoms with E-state index in [1.54, 1.807) is 0 Å². The molecule has 272 valence electrons. The third-order valence-corrected chi connectivity index (χ3v) is 12.7. The number of hydrogen-bond acceptors (Lipinski definition) is 2. The summed E-state index contributed by atoms with van der Waals surface area (Å²) in [7, 11) is 0. The lowest BCUT2D eigenvalue weighted by Gasteiger charge is -2.16. The van der Waals surface area contributed by atoms with E-state index in [0.29, 0.717) is 0 Å². The topological polar surface area (TPSA) is 40.0 Å². The van der Waals surface area contributed by atoms with E-state index in [0.717, 1.165) is 72.0 Å². The summed E-state index contributed by atoms with van der Waals surface area (Å²) < 4.78 is 7.26. The second-order valence-electron chi connectivity index (χ2n) is 15.7. The molecular formula is C54H31N5. The van der Waals surface area contributed by atoms with Gasteiger partial charge >= 0.3 is 0 Å². The Labute approximate surface area is 336 Å². The van der Waals surface area contributed by atoms with E-state index in [-0.39, 0.29) is 0 Å². The minimum absolute atomic E-state index is 0.809. The molecule has 0 aliphatic carbocycles. The number of rotatable bonds is 3. The van der Waals surface area contributed by atoms with Crippen molar-refractivity contribution in [3.63, 3.8) is 0 Å². The first-order chi connectivity index (χ1) is 29.3. The van der Waals surface area contributed by atoms with Gasteiger partial charge in [-0.3, -0.25) is 4.57 Å². The Morgan fingerprint density at radius 3 is 1.80 bits per heavy atom. The highest BCUT2D eigenvalue weighted by molar-refractivity contribution is 6.31.